The Kier molecular flexibility index (Phi) is 3.63. The lowest BCUT2D eigenvalue weighted by molar-refractivity contribution is -0.977. The van der Waals surface area contributed by atoms with Gasteiger partial charge in [-0.1, -0.05) is 0 Å². The van der Waals surface area contributed by atoms with Crippen LogP contribution in [0, 0.1) is 15.0 Å². The molecule has 1 atom stereocenters. The summed E-state index contributed by atoms with van der Waals surface area (Å²) < 4.78 is 0. The van der Waals surface area contributed by atoms with Crippen molar-refractivity contribution in [1.29, 1.82) is 0 Å². The second kappa shape index (κ2) is 4.25. The SMILES string of the molecule is C[C@@H](CO[N+](=O)O)O[N+](=O)[O-]. The highest BCUT2D eigenvalue weighted by Gasteiger charge is 2.13. The standard InChI is InChI=1S/C3H7N2O6/c1-3(11-5(8)9)2-10-4(6)7/h3H,2H2,1H3,(H,6,7)/q+1/t3-/m0/s1. The summed E-state index contributed by atoms with van der Waals surface area (Å²) in [7, 11) is 0. The molecule has 0 aromatic heterocycles. The third-order valence-electron chi connectivity index (χ3n) is 0.686. The first-order chi connectivity index (χ1) is 5.02. The van der Waals surface area contributed by atoms with Crippen molar-refractivity contribution in [2.45, 2.75) is 13.0 Å². The van der Waals surface area contributed by atoms with Gasteiger partial charge in [-0.25, -0.2) is 5.21 Å². The highest BCUT2D eigenvalue weighted by molar-refractivity contribution is 4.38. The van der Waals surface area contributed by atoms with Gasteiger partial charge in [-0.05, 0) is 6.92 Å². The van der Waals surface area contributed by atoms with Gasteiger partial charge >= 0.3 is 5.09 Å². The average molecular weight is 167 g/mol. The first-order valence-corrected chi connectivity index (χ1v) is 2.62. The van der Waals surface area contributed by atoms with E-state index in [1.54, 1.807) is 0 Å². The third kappa shape index (κ3) is 6.28. The van der Waals surface area contributed by atoms with Gasteiger partial charge in [0.15, 0.2) is 6.61 Å². The van der Waals surface area contributed by atoms with Gasteiger partial charge in [-0.15, -0.1) is 10.1 Å². The summed E-state index contributed by atoms with van der Waals surface area (Å²) in [5, 5.41) is 15.7. The smallest absolute Gasteiger partial charge is 0.307 e. The van der Waals surface area contributed by atoms with Crippen molar-refractivity contribution in [1.82, 2.24) is 0 Å². The van der Waals surface area contributed by atoms with E-state index in [2.05, 4.69) is 9.68 Å². The molecular formula is C3H7N2O6+. The van der Waals surface area contributed by atoms with Gasteiger partial charge in [0.05, 0.1) is 0 Å². The lowest BCUT2D eigenvalue weighted by Crippen LogP contribution is -2.21. The van der Waals surface area contributed by atoms with Crippen LogP contribution in [0.4, 0.5) is 0 Å². The maximum Gasteiger partial charge on any atom is 0.475 e. The van der Waals surface area contributed by atoms with Gasteiger partial charge < -0.3 is 4.84 Å². The van der Waals surface area contributed by atoms with Crippen molar-refractivity contribution in [2.75, 3.05) is 6.61 Å². The Labute approximate surface area is 60.9 Å². The summed E-state index contributed by atoms with van der Waals surface area (Å²) in [6.45, 7) is 0.924. The predicted octanol–water partition coefficient (Wildman–Crippen LogP) is -0.317. The molecule has 0 aromatic carbocycles. The Hall–Kier alpha value is -1.60. The van der Waals surface area contributed by atoms with Crippen LogP contribution in [0.15, 0.2) is 0 Å². The van der Waals surface area contributed by atoms with Crippen molar-refractivity contribution in [2.24, 2.45) is 0 Å². The van der Waals surface area contributed by atoms with E-state index in [0.717, 1.165) is 0 Å². The van der Waals surface area contributed by atoms with Crippen LogP contribution < -0.4 is 0 Å². The van der Waals surface area contributed by atoms with E-state index in [1.165, 1.54) is 6.92 Å². The lowest BCUT2D eigenvalue weighted by Gasteiger charge is -2.02. The van der Waals surface area contributed by atoms with Crippen molar-refractivity contribution >= 4 is 0 Å². The fourth-order valence-electron chi connectivity index (χ4n) is 0.346. The fourth-order valence-corrected chi connectivity index (χ4v) is 0.346. The number of hydrogen-bond donors (Lipinski definition) is 1. The third-order valence-corrected chi connectivity index (χ3v) is 0.686. The molecule has 8 nitrogen and oxygen atoms in total. The van der Waals surface area contributed by atoms with Crippen molar-refractivity contribution in [3.63, 3.8) is 0 Å². The van der Waals surface area contributed by atoms with E-state index >= 15 is 0 Å². The molecule has 0 bridgehead atoms. The Bertz CT molecular complexity index is 158. The van der Waals surface area contributed by atoms with E-state index in [-0.39, 0.29) is 6.61 Å². The van der Waals surface area contributed by atoms with Gasteiger partial charge in [0.2, 0.25) is 0 Å². The molecule has 8 heteroatoms. The molecule has 0 aliphatic heterocycles. The summed E-state index contributed by atoms with van der Waals surface area (Å²) in [5.41, 5.74) is 0. The number of hydrogen-bond acceptors (Lipinski definition) is 5. The molecule has 0 aromatic rings. The molecule has 0 spiro atoms. The van der Waals surface area contributed by atoms with E-state index in [0.29, 0.717) is 0 Å². The van der Waals surface area contributed by atoms with Crippen molar-refractivity contribution in [3.05, 3.63) is 15.0 Å². The molecule has 64 valence electrons. The largest absolute Gasteiger partial charge is 0.475 e. The summed E-state index contributed by atoms with van der Waals surface area (Å²) in [4.78, 5) is 27.1. The average Bonchev–Trinajstić information content (AvgIpc) is 1.82. The van der Waals surface area contributed by atoms with E-state index in [1.807, 2.05) is 0 Å². The first-order valence-electron chi connectivity index (χ1n) is 2.62. The van der Waals surface area contributed by atoms with Gasteiger partial charge in [-0.2, -0.15) is 4.84 Å². The second-order valence-electron chi connectivity index (χ2n) is 1.67. The van der Waals surface area contributed by atoms with Crippen molar-refractivity contribution in [3.8, 4) is 0 Å². The predicted molar refractivity (Wildman–Crippen MR) is 28.9 cm³/mol. The monoisotopic (exact) mass is 167 g/mol. The summed E-state index contributed by atoms with van der Waals surface area (Å²) in [5.74, 6) is 0. The Morgan fingerprint density at radius 1 is 1.64 bits per heavy atom. The summed E-state index contributed by atoms with van der Waals surface area (Å²) >= 11 is 0. The van der Waals surface area contributed by atoms with E-state index < -0.39 is 16.3 Å². The van der Waals surface area contributed by atoms with Gasteiger partial charge in [0.25, 0.3) is 5.09 Å². The quantitative estimate of drug-likeness (QED) is 0.444. The van der Waals surface area contributed by atoms with Gasteiger partial charge in [0, 0.05) is 0 Å². The van der Waals surface area contributed by atoms with Crippen LogP contribution in [0.2, 0.25) is 0 Å². The van der Waals surface area contributed by atoms with Gasteiger partial charge in [-0.3, -0.25) is 0 Å². The molecule has 1 N–H and O–H groups in total. The fraction of sp³-hybridized carbons (Fsp3) is 1.00. The molecule has 0 saturated heterocycles. The number of rotatable bonds is 5. The molecule has 0 amide bonds. The zero-order valence-electron chi connectivity index (χ0n) is 5.67. The maximum absolute atomic E-state index is 9.66. The molecule has 0 heterocycles. The second-order valence-corrected chi connectivity index (χ2v) is 1.67. The van der Waals surface area contributed by atoms with E-state index in [4.69, 9.17) is 5.21 Å². The Morgan fingerprint density at radius 2 is 2.18 bits per heavy atom. The molecule has 0 aliphatic carbocycles. The highest BCUT2D eigenvalue weighted by Crippen LogP contribution is 1.90. The highest BCUT2D eigenvalue weighted by atomic mass is 17.0. The van der Waals surface area contributed by atoms with Crippen LogP contribution in [-0.4, -0.2) is 28.1 Å². The zero-order valence-corrected chi connectivity index (χ0v) is 5.67. The van der Waals surface area contributed by atoms with Crippen LogP contribution in [0.5, 0.6) is 0 Å². The molecule has 0 radical (unpaired) electrons. The van der Waals surface area contributed by atoms with E-state index in [9.17, 15) is 15.0 Å². The molecule has 0 fully saturated rings. The van der Waals surface area contributed by atoms with Crippen LogP contribution in [0.1, 0.15) is 6.92 Å². The topological polar surface area (TPSA) is 102 Å². The molecule has 11 heavy (non-hydrogen) atoms. The molecule has 0 rings (SSSR count). The minimum absolute atomic E-state index is 0.388. The Balaban J connectivity index is 3.44. The van der Waals surface area contributed by atoms with Crippen LogP contribution in [-0.2, 0) is 9.68 Å². The number of nitrogens with zero attached hydrogens (tertiary/aromatic N) is 2. The molecule has 0 aliphatic rings. The minimum Gasteiger partial charge on any atom is -0.307 e. The molecular weight excluding hydrogens is 160 g/mol. The molecule has 0 unspecified atom stereocenters. The minimum atomic E-state index is -1.01. The van der Waals surface area contributed by atoms with Crippen molar-refractivity contribution < 1.29 is 25.1 Å². The molecule has 0 saturated carbocycles. The van der Waals surface area contributed by atoms with Crippen LogP contribution >= 0.6 is 0 Å². The maximum atomic E-state index is 9.66. The normalized spacial score (nSPS) is 11.7. The first kappa shape index (κ1) is 9.40. The lowest BCUT2D eigenvalue weighted by atomic mass is 10.5. The van der Waals surface area contributed by atoms with Gasteiger partial charge in [0.1, 0.15) is 11.0 Å². The summed E-state index contributed by atoms with van der Waals surface area (Å²) in [6, 6.07) is 0. The zero-order chi connectivity index (χ0) is 8.85. The Morgan fingerprint density at radius 3 is 2.55 bits per heavy atom. The van der Waals surface area contributed by atoms with Crippen LogP contribution in [0.3, 0.4) is 0 Å². The van der Waals surface area contributed by atoms with Crippen LogP contribution in [0.25, 0.3) is 0 Å². The summed E-state index contributed by atoms with van der Waals surface area (Å²) in [6.07, 6.45) is -0.895.